The average Bonchev–Trinajstić information content (AvgIpc) is 2.83. The van der Waals surface area contributed by atoms with Crippen molar-refractivity contribution in [1.82, 2.24) is 19.9 Å². The molecule has 3 heterocycles. The molecule has 0 unspecified atom stereocenters. The third-order valence-electron chi connectivity index (χ3n) is 4.00. The van der Waals surface area contributed by atoms with E-state index in [0.29, 0.717) is 31.0 Å². The number of hydrogen-bond acceptors (Lipinski definition) is 11. The smallest absolute Gasteiger partial charge is 0.741 e. The van der Waals surface area contributed by atoms with Gasteiger partial charge in [-0.3, -0.25) is 9.88 Å². The molecular formula is C22H19F8FeN5O6S2+. The van der Waals surface area contributed by atoms with Crippen LogP contribution in [-0.2, 0) is 56.9 Å². The Hall–Kier alpha value is -3.32. The van der Waals surface area contributed by atoms with Gasteiger partial charge >= 0.3 is 28.1 Å². The SMILES string of the molecule is CC#N.Fc1cccc(CN(Cc2ccccn2)Cc2cccc(F)n2)n1.O=S(=O)([O-])C(F)(F)F.O=S(=O)([O-])C(F)(F)F.[Fe+3]. The summed E-state index contributed by atoms with van der Waals surface area (Å²) in [6.07, 6.45) is 1.72. The normalized spacial score (nSPS) is 11.2. The van der Waals surface area contributed by atoms with Crippen LogP contribution in [-0.4, -0.2) is 56.8 Å². The molecule has 0 aliphatic heterocycles. The van der Waals surface area contributed by atoms with Gasteiger partial charge in [-0.1, -0.05) is 18.2 Å². The van der Waals surface area contributed by atoms with Crippen molar-refractivity contribution < 1.29 is 78.1 Å². The van der Waals surface area contributed by atoms with E-state index in [-0.39, 0.29) is 17.1 Å². The molecule has 1 radical (unpaired) electrons. The van der Waals surface area contributed by atoms with Gasteiger partial charge in [-0.05, 0) is 36.4 Å². The third-order valence-corrected chi connectivity index (χ3v) is 5.13. The Bertz CT molecular complexity index is 1450. The molecule has 0 atom stereocenters. The quantitative estimate of drug-likeness (QED) is 0.118. The summed E-state index contributed by atoms with van der Waals surface area (Å²) in [5.74, 6) is -1.04. The summed E-state index contributed by atoms with van der Waals surface area (Å²) in [6, 6.07) is 16.8. The van der Waals surface area contributed by atoms with E-state index in [2.05, 4.69) is 15.0 Å². The third kappa shape index (κ3) is 18.4. The van der Waals surface area contributed by atoms with Crippen LogP contribution < -0.4 is 0 Å². The second-order valence-corrected chi connectivity index (χ2v) is 10.1. The molecule has 0 fully saturated rings. The van der Waals surface area contributed by atoms with Crippen LogP contribution in [0.4, 0.5) is 35.1 Å². The monoisotopic (exact) mass is 721 g/mol. The van der Waals surface area contributed by atoms with Gasteiger partial charge in [0.05, 0.1) is 23.2 Å². The number of halogens is 8. The predicted molar refractivity (Wildman–Crippen MR) is 128 cm³/mol. The van der Waals surface area contributed by atoms with Crippen LogP contribution in [0.3, 0.4) is 0 Å². The summed E-state index contributed by atoms with van der Waals surface area (Å²) < 4.78 is 144. The Labute approximate surface area is 256 Å². The van der Waals surface area contributed by atoms with E-state index in [1.54, 1.807) is 36.5 Å². The van der Waals surface area contributed by atoms with Gasteiger partial charge in [0.25, 0.3) is 0 Å². The maximum absolute atomic E-state index is 13.3. The molecule has 22 heteroatoms. The summed E-state index contributed by atoms with van der Waals surface area (Å²) in [7, 11) is -12.2. The zero-order valence-electron chi connectivity index (χ0n) is 21.8. The van der Waals surface area contributed by atoms with Gasteiger partial charge in [0.2, 0.25) is 11.9 Å². The second-order valence-electron chi connectivity index (χ2n) is 7.39. The Morgan fingerprint density at radius 2 is 1.05 bits per heavy atom. The van der Waals surface area contributed by atoms with Gasteiger partial charge in [-0.2, -0.15) is 40.4 Å². The molecule has 0 aliphatic rings. The fraction of sp³-hybridized carbons (Fsp3) is 0.273. The average molecular weight is 721 g/mol. The number of pyridine rings is 3. The van der Waals surface area contributed by atoms with Crippen LogP contribution in [0.25, 0.3) is 0 Å². The van der Waals surface area contributed by atoms with Crippen LogP contribution in [0.5, 0.6) is 0 Å². The summed E-state index contributed by atoms with van der Waals surface area (Å²) in [5.41, 5.74) is -9.23. The van der Waals surface area contributed by atoms with Gasteiger partial charge in [-0.25, -0.2) is 26.8 Å². The van der Waals surface area contributed by atoms with Crippen molar-refractivity contribution in [3.8, 4) is 6.07 Å². The number of aromatic nitrogens is 3. The van der Waals surface area contributed by atoms with Crippen molar-refractivity contribution in [3.05, 3.63) is 89.8 Å². The first kappa shape index (κ1) is 42.8. The van der Waals surface area contributed by atoms with E-state index in [4.69, 9.17) is 31.2 Å². The van der Waals surface area contributed by atoms with E-state index >= 15 is 0 Å². The van der Waals surface area contributed by atoms with Crippen molar-refractivity contribution in [1.29, 1.82) is 5.26 Å². The largest absolute Gasteiger partial charge is 3.00 e. The maximum Gasteiger partial charge on any atom is 3.00 e. The molecule has 0 amide bonds. The Balaban J connectivity index is 0. The summed E-state index contributed by atoms with van der Waals surface area (Å²) in [4.78, 5) is 14.1. The first-order valence-corrected chi connectivity index (χ1v) is 13.6. The molecule has 0 saturated heterocycles. The van der Waals surface area contributed by atoms with Gasteiger partial charge in [0.15, 0.2) is 20.2 Å². The molecule has 3 aromatic rings. The zero-order valence-corrected chi connectivity index (χ0v) is 24.5. The van der Waals surface area contributed by atoms with Gasteiger partial charge < -0.3 is 9.11 Å². The molecule has 0 spiro atoms. The summed E-state index contributed by atoms with van der Waals surface area (Å²) >= 11 is 0. The molecule has 0 N–H and O–H groups in total. The summed E-state index contributed by atoms with van der Waals surface area (Å²) in [5, 5.41) is 7.32. The standard InChI is InChI=1S/C18H16F2N4.C2H3N.2CHF3O3S.Fe/c19-17-8-3-6-15(22-17)12-24(11-14-5-1-2-10-21-14)13-16-7-4-9-18(20)23-16;1-2-3;2*2-1(3,4)8(5,6)7;/h1-10H,11-13H2;1H3;2*(H,5,6,7);/q;;;;+3/p-2. The number of alkyl halides is 6. The number of hydrogen-bond donors (Lipinski definition) is 0. The fourth-order valence-corrected chi connectivity index (χ4v) is 2.42. The number of nitriles is 1. The van der Waals surface area contributed by atoms with E-state index in [1.807, 2.05) is 23.1 Å². The molecule has 3 aromatic heterocycles. The zero-order chi connectivity index (χ0) is 33.5. The molecule has 0 aliphatic carbocycles. The van der Waals surface area contributed by atoms with E-state index < -0.39 is 43.1 Å². The van der Waals surface area contributed by atoms with E-state index in [0.717, 1.165) is 5.69 Å². The van der Waals surface area contributed by atoms with Crippen molar-refractivity contribution in [2.24, 2.45) is 0 Å². The summed E-state index contributed by atoms with van der Waals surface area (Å²) in [6.45, 7) is 2.77. The van der Waals surface area contributed by atoms with Crippen LogP contribution in [0.2, 0.25) is 0 Å². The molecule has 0 aromatic carbocycles. The molecule has 3 rings (SSSR count). The van der Waals surface area contributed by atoms with E-state index in [9.17, 15) is 35.1 Å². The number of rotatable bonds is 6. The topological polar surface area (TPSA) is 180 Å². The van der Waals surface area contributed by atoms with Crippen LogP contribution in [0.1, 0.15) is 24.0 Å². The Morgan fingerprint density at radius 3 is 1.32 bits per heavy atom. The second kappa shape index (κ2) is 19.1. The van der Waals surface area contributed by atoms with Crippen LogP contribution in [0, 0.1) is 23.2 Å². The minimum Gasteiger partial charge on any atom is -0.741 e. The molecule has 0 saturated carbocycles. The fourth-order valence-electron chi connectivity index (χ4n) is 2.42. The van der Waals surface area contributed by atoms with Gasteiger partial charge in [0.1, 0.15) is 0 Å². The van der Waals surface area contributed by atoms with Crippen molar-refractivity contribution in [3.63, 3.8) is 0 Å². The molecule has 243 valence electrons. The van der Waals surface area contributed by atoms with Crippen molar-refractivity contribution in [2.75, 3.05) is 0 Å². The minimum atomic E-state index is -6.09. The first-order chi connectivity index (χ1) is 19.6. The Kier molecular flexibility index (Phi) is 18.6. The van der Waals surface area contributed by atoms with E-state index in [1.165, 1.54) is 19.1 Å². The minimum absolute atomic E-state index is 0. The van der Waals surface area contributed by atoms with Gasteiger partial charge in [0, 0.05) is 32.8 Å². The molecule has 11 nitrogen and oxygen atoms in total. The molecule has 0 bridgehead atoms. The maximum atomic E-state index is 13.3. The van der Waals surface area contributed by atoms with Crippen molar-refractivity contribution in [2.45, 2.75) is 37.6 Å². The van der Waals surface area contributed by atoms with Gasteiger partial charge in [-0.15, -0.1) is 0 Å². The van der Waals surface area contributed by atoms with Crippen LogP contribution >= 0.6 is 0 Å². The predicted octanol–water partition coefficient (Wildman–Crippen LogP) is 3.98. The number of nitrogens with zero attached hydrogens (tertiary/aromatic N) is 5. The molecular weight excluding hydrogens is 702 g/mol. The molecule has 44 heavy (non-hydrogen) atoms. The van der Waals surface area contributed by atoms with Crippen LogP contribution in [0.15, 0.2) is 60.8 Å². The Morgan fingerprint density at radius 1 is 0.727 bits per heavy atom. The van der Waals surface area contributed by atoms with Crippen molar-refractivity contribution >= 4 is 20.2 Å². The first-order valence-electron chi connectivity index (χ1n) is 10.8.